The summed E-state index contributed by atoms with van der Waals surface area (Å²) < 4.78 is 10.2. The molecule has 0 unspecified atom stereocenters. The molecule has 152 valence electrons. The van der Waals surface area contributed by atoms with E-state index in [1.165, 1.54) is 71.3 Å². The molecule has 0 saturated carbocycles. The van der Waals surface area contributed by atoms with E-state index in [1.54, 1.807) is 7.11 Å². The molecule has 1 aromatic rings. The van der Waals surface area contributed by atoms with Gasteiger partial charge in [0.15, 0.2) is 0 Å². The zero-order valence-electron chi connectivity index (χ0n) is 17.6. The predicted octanol–water partition coefficient (Wildman–Crippen LogP) is 6.89. The van der Waals surface area contributed by atoms with Gasteiger partial charge in [0.05, 0.1) is 14.2 Å². The molecular formula is C24H38O3. The molecule has 0 aliphatic carbocycles. The minimum atomic E-state index is -0.316. The molecule has 0 radical (unpaired) electrons. The van der Waals surface area contributed by atoms with Crippen molar-refractivity contribution in [3.05, 3.63) is 41.5 Å². The van der Waals surface area contributed by atoms with Gasteiger partial charge in [-0.3, -0.25) is 0 Å². The number of unbranched alkanes of at least 4 members (excludes halogenated alkanes) is 9. The summed E-state index contributed by atoms with van der Waals surface area (Å²) in [7, 11) is 3.00. The third kappa shape index (κ3) is 9.65. The first kappa shape index (κ1) is 23.3. The number of carbonyl (C=O) groups excluding carboxylic acids is 1. The number of carbonyl (C=O) groups is 1. The SMILES string of the molecule is CCCCCC/C=C\CCCCCCCc1cccc(OC)c1C(=O)OC. The molecular weight excluding hydrogens is 336 g/mol. The standard InChI is InChI=1S/C24H38O3/c1-4-5-6-7-8-9-10-11-12-13-14-15-16-18-21-19-17-20-22(26-2)23(21)24(25)27-3/h9-10,17,19-20H,4-8,11-16,18H2,1-3H3/b10-9-. The van der Waals surface area contributed by atoms with E-state index < -0.39 is 0 Å². The summed E-state index contributed by atoms with van der Waals surface area (Å²) in [5.74, 6) is 0.282. The fraction of sp³-hybridized carbons (Fsp3) is 0.625. The van der Waals surface area contributed by atoms with E-state index in [4.69, 9.17) is 9.47 Å². The van der Waals surface area contributed by atoms with Gasteiger partial charge in [0.25, 0.3) is 0 Å². The monoisotopic (exact) mass is 374 g/mol. The molecule has 0 atom stereocenters. The molecule has 3 nitrogen and oxygen atoms in total. The lowest BCUT2D eigenvalue weighted by molar-refractivity contribution is 0.0595. The van der Waals surface area contributed by atoms with Gasteiger partial charge in [0.2, 0.25) is 0 Å². The summed E-state index contributed by atoms with van der Waals surface area (Å²) in [6, 6.07) is 5.75. The van der Waals surface area contributed by atoms with Crippen LogP contribution in [0.4, 0.5) is 0 Å². The molecule has 0 bridgehead atoms. The van der Waals surface area contributed by atoms with Gasteiger partial charge in [-0.05, 0) is 50.2 Å². The van der Waals surface area contributed by atoms with Gasteiger partial charge in [-0.2, -0.15) is 0 Å². The number of hydrogen-bond donors (Lipinski definition) is 0. The number of aryl methyl sites for hydroxylation is 1. The Hall–Kier alpha value is -1.77. The highest BCUT2D eigenvalue weighted by molar-refractivity contribution is 5.94. The smallest absolute Gasteiger partial charge is 0.341 e. The third-order valence-corrected chi connectivity index (χ3v) is 4.93. The molecule has 0 amide bonds. The van der Waals surface area contributed by atoms with Gasteiger partial charge in [-0.1, -0.05) is 69.7 Å². The molecule has 0 N–H and O–H groups in total. The molecule has 0 aliphatic heterocycles. The zero-order valence-corrected chi connectivity index (χ0v) is 17.6. The molecule has 1 aromatic carbocycles. The van der Waals surface area contributed by atoms with Crippen LogP contribution in [0.5, 0.6) is 5.75 Å². The Morgan fingerprint density at radius 1 is 0.889 bits per heavy atom. The Balaban J connectivity index is 2.18. The van der Waals surface area contributed by atoms with Crippen LogP contribution in [-0.2, 0) is 11.2 Å². The molecule has 0 heterocycles. The number of benzene rings is 1. The summed E-state index contributed by atoms with van der Waals surface area (Å²) in [4.78, 5) is 12.0. The van der Waals surface area contributed by atoms with Crippen LogP contribution in [-0.4, -0.2) is 20.2 Å². The van der Waals surface area contributed by atoms with Crippen LogP contribution in [0.1, 0.15) is 93.5 Å². The van der Waals surface area contributed by atoms with Gasteiger partial charge in [0.1, 0.15) is 11.3 Å². The van der Waals surface area contributed by atoms with Crippen LogP contribution in [0.15, 0.2) is 30.4 Å². The van der Waals surface area contributed by atoms with Crippen molar-refractivity contribution >= 4 is 5.97 Å². The second-order valence-corrected chi connectivity index (χ2v) is 7.11. The van der Waals surface area contributed by atoms with Crippen LogP contribution >= 0.6 is 0 Å². The average molecular weight is 375 g/mol. The van der Waals surface area contributed by atoms with Crippen molar-refractivity contribution < 1.29 is 14.3 Å². The van der Waals surface area contributed by atoms with E-state index >= 15 is 0 Å². The number of hydrogen-bond acceptors (Lipinski definition) is 3. The normalized spacial score (nSPS) is 11.1. The first-order chi connectivity index (χ1) is 13.2. The van der Waals surface area contributed by atoms with Crippen LogP contribution < -0.4 is 4.74 Å². The molecule has 3 heteroatoms. The zero-order chi connectivity index (χ0) is 19.7. The third-order valence-electron chi connectivity index (χ3n) is 4.93. The van der Waals surface area contributed by atoms with Gasteiger partial charge in [-0.15, -0.1) is 0 Å². The van der Waals surface area contributed by atoms with E-state index in [9.17, 15) is 4.79 Å². The minimum Gasteiger partial charge on any atom is -0.496 e. The second kappa shape index (κ2) is 15.3. The Labute approximate surface area is 166 Å². The van der Waals surface area contributed by atoms with Crippen molar-refractivity contribution in [2.24, 2.45) is 0 Å². The molecule has 0 aromatic heterocycles. The summed E-state index contributed by atoms with van der Waals surface area (Å²) in [5.41, 5.74) is 1.60. The lowest BCUT2D eigenvalue weighted by atomic mass is 9.99. The van der Waals surface area contributed by atoms with E-state index in [0.717, 1.165) is 18.4 Å². The first-order valence-electron chi connectivity index (χ1n) is 10.6. The maximum Gasteiger partial charge on any atom is 0.341 e. The minimum absolute atomic E-state index is 0.316. The molecule has 27 heavy (non-hydrogen) atoms. The van der Waals surface area contributed by atoms with Crippen LogP contribution in [0.25, 0.3) is 0 Å². The van der Waals surface area contributed by atoms with Gasteiger partial charge >= 0.3 is 5.97 Å². The first-order valence-corrected chi connectivity index (χ1v) is 10.6. The van der Waals surface area contributed by atoms with Crippen LogP contribution in [0.3, 0.4) is 0 Å². The summed E-state index contributed by atoms with van der Waals surface area (Å²) in [6.07, 6.45) is 19.5. The molecule has 0 aliphatic rings. The van der Waals surface area contributed by atoms with Crippen molar-refractivity contribution in [1.82, 2.24) is 0 Å². The van der Waals surface area contributed by atoms with Crippen molar-refractivity contribution in [1.29, 1.82) is 0 Å². The maximum absolute atomic E-state index is 12.0. The average Bonchev–Trinajstić information content (AvgIpc) is 2.70. The lowest BCUT2D eigenvalue weighted by Crippen LogP contribution is -2.08. The van der Waals surface area contributed by atoms with Crippen LogP contribution in [0.2, 0.25) is 0 Å². The molecule has 0 fully saturated rings. The van der Waals surface area contributed by atoms with Crippen molar-refractivity contribution in [2.75, 3.05) is 14.2 Å². The molecule has 0 saturated heterocycles. The number of esters is 1. The predicted molar refractivity (Wildman–Crippen MR) is 114 cm³/mol. The van der Waals surface area contributed by atoms with E-state index in [0.29, 0.717) is 11.3 Å². The Morgan fingerprint density at radius 2 is 1.52 bits per heavy atom. The molecule has 0 spiro atoms. The Morgan fingerprint density at radius 3 is 2.15 bits per heavy atom. The highest BCUT2D eigenvalue weighted by Gasteiger charge is 2.17. The van der Waals surface area contributed by atoms with E-state index in [1.807, 2.05) is 18.2 Å². The number of methoxy groups -OCH3 is 2. The Bertz CT molecular complexity index is 549. The second-order valence-electron chi connectivity index (χ2n) is 7.11. The van der Waals surface area contributed by atoms with Crippen molar-refractivity contribution in [3.8, 4) is 5.75 Å². The van der Waals surface area contributed by atoms with Gasteiger partial charge in [-0.25, -0.2) is 4.79 Å². The number of allylic oxidation sites excluding steroid dienone is 2. The fourth-order valence-corrected chi connectivity index (χ4v) is 3.32. The number of ether oxygens (including phenoxy) is 2. The van der Waals surface area contributed by atoms with Gasteiger partial charge < -0.3 is 9.47 Å². The van der Waals surface area contributed by atoms with E-state index in [-0.39, 0.29) is 5.97 Å². The quantitative estimate of drug-likeness (QED) is 0.190. The van der Waals surface area contributed by atoms with Crippen LogP contribution in [0, 0.1) is 0 Å². The van der Waals surface area contributed by atoms with E-state index in [2.05, 4.69) is 19.1 Å². The highest BCUT2D eigenvalue weighted by Crippen LogP contribution is 2.25. The fourth-order valence-electron chi connectivity index (χ4n) is 3.32. The molecule has 1 rings (SSSR count). The largest absolute Gasteiger partial charge is 0.496 e. The topological polar surface area (TPSA) is 35.5 Å². The lowest BCUT2D eigenvalue weighted by Gasteiger charge is -2.12. The number of rotatable bonds is 15. The summed E-state index contributed by atoms with van der Waals surface area (Å²) in [5, 5.41) is 0. The van der Waals surface area contributed by atoms with Gasteiger partial charge in [0, 0.05) is 0 Å². The maximum atomic E-state index is 12.0. The van der Waals surface area contributed by atoms with Crippen molar-refractivity contribution in [3.63, 3.8) is 0 Å². The summed E-state index contributed by atoms with van der Waals surface area (Å²) >= 11 is 0. The summed E-state index contributed by atoms with van der Waals surface area (Å²) in [6.45, 7) is 2.25. The van der Waals surface area contributed by atoms with Crippen molar-refractivity contribution in [2.45, 2.75) is 84.0 Å². The Kier molecular flexibility index (Phi) is 13.2. The highest BCUT2D eigenvalue weighted by atomic mass is 16.5.